The van der Waals surface area contributed by atoms with E-state index in [0.29, 0.717) is 6.54 Å². The van der Waals surface area contributed by atoms with Crippen LogP contribution in [-0.2, 0) is 11.8 Å². The molecule has 0 radical (unpaired) electrons. The zero-order valence-electron chi connectivity index (χ0n) is 12.7. The molecule has 1 rings (SSSR count). The summed E-state index contributed by atoms with van der Waals surface area (Å²) >= 11 is 0. The monoisotopic (exact) mass is 261 g/mol. The van der Waals surface area contributed by atoms with E-state index in [1.807, 2.05) is 0 Å². The van der Waals surface area contributed by atoms with Crippen molar-refractivity contribution < 1.29 is 5.11 Å². The Morgan fingerprint density at radius 3 is 2.32 bits per heavy atom. The smallest absolute Gasteiger partial charge is 0.0636 e. The molecule has 0 saturated heterocycles. The predicted molar refractivity (Wildman–Crippen MR) is 82.5 cm³/mol. The number of aliphatic hydroxyl groups excluding tert-OH is 1. The summed E-state index contributed by atoms with van der Waals surface area (Å²) in [7, 11) is 0. The Labute approximate surface area is 117 Å². The van der Waals surface area contributed by atoms with Crippen LogP contribution >= 0.6 is 0 Å². The highest BCUT2D eigenvalue weighted by Gasteiger charge is 2.12. The normalized spacial score (nSPS) is 13.3. The van der Waals surface area contributed by atoms with Crippen LogP contribution < -0.4 is 5.32 Å². The molecular weight excluding hydrogens is 234 g/mol. The fourth-order valence-electron chi connectivity index (χ4n) is 1.93. The summed E-state index contributed by atoms with van der Waals surface area (Å²) in [5.74, 6) is 0. The third kappa shape index (κ3) is 6.04. The van der Waals surface area contributed by atoms with Gasteiger partial charge in [-0.3, -0.25) is 0 Å². The predicted octanol–water partition coefficient (Wildman–Crippen LogP) is 3.05. The van der Waals surface area contributed by atoms with Crippen LogP contribution in [0.15, 0.2) is 36.4 Å². The van der Waals surface area contributed by atoms with E-state index in [4.69, 9.17) is 5.11 Å². The zero-order valence-corrected chi connectivity index (χ0v) is 12.7. The fraction of sp³-hybridized carbons (Fsp3) is 0.529. The Balaban J connectivity index is 2.47. The molecule has 0 aliphatic rings. The first-order chi connectivity index (χ1) is 8.79. The van der Waals surface area contributed by atoms with Crippen LogP contribution in [0.25, 0.3) is 0 Å². The average molecular weight is 261 g/mol. The highest BCUT2D eigenvalue weighted by atomic mass is 16.3. The van der Waals surface area contributed by atoms with E-state index in [1.165, 1.54) is 11.1 Å². The molecule has 0 saturated carbocycles. The van der Waals surface area contributed by atoms with Gasteiger partial charge in [0, 0.05) is 13.1 Å². The molecular formula is C17H27NO. The summed E-state index contributed by atoms with van der Waals surface area (Å²) in [6.07, 6.45) is 0.580. The zero-order chi connectivity index (χ0) is 14.5. The van der Waals surface area contributed by atoms with Crippen molar-refractivity contribution in [1.82, 2.24) is 5.32 Å². The number of rotatable bonds is 6. The van der Waals surface area contributed by atoms with Gasteiger partial charge in [0.2, 0.25) is 0 Å². The topological polar surface area (TPSA) is 32.3 Å². The SMILES string of the molecule is C=C(CNCC(C)O)Cc1ccc(C(C)(C)C)cc1. The number of benzene rings is 1. The van der Waals surface area contributed by atoms with Crippen LogP contribution in [0.1, 0.15) is 38.8 Å². The lowest BCUT2D eigenvalue weighted by Gasteiger charge is -2.19. The molecule has 0 fully saturated rings. The first-order valence-electron chi connectivity index (χ1n) is 6.94. The maximum atomic E-state index is 9.17. The van der Waals surface area contributed by atoms with Gasteiger partial charge in [-0.25, -0.2) is 0 Å². The molecule has 0 aliphatic heterocycles. The van der Waals surface area contributed by atoms with Crippen LogP contribution in [0.5, 0.6) is 0 Å². The lowest BCUT2D eigenvalue weighted by molar-refractivity contribution is 0.192. The molecule has 2 heteroatoms. The van der Waals surface area contributed by atoms with E-state index in [2.05, 4.69) is 56.9 Å². The molecule has 0 bridgehead atoms. The molecule has 0 heterocycles. The highest BCUT2D eigenvalue weighted by Crippen LogP contribution is 2.22. The lowest BCUT2D eigenvalue weighted by atomic mass is 9.86. The summed E-state index contributed by atoms with van der Waals surface area (Å²) in [6.45, 7) is 13.9. The van der Waals surface area contributed by atoms with Crippen LogP contribution in [0.4, 0.5) is 0 Å². The van der Waals surface area contributed by atoms with Crippen molar-refractivity contribution in [3.05, 3.63) is 47.5 Å². The van der Waals surface area contributed by atoms with Gasteiger partial charge in [-0.2, -0.15) is 0 Å². The van der Waals surface area contributed by atoms with Gasteiger partial charge in [0.15, 0.2) is 0 Å². The van der Waals surface area contributed by atoms with Crippen LogP contribution in [0.3, 0.4) is 0 Å². The van der Waals surface area contributed by atoms with Crippen LogP contribution in [0, 0.1) is 0 Å². The molecule has 0 spiro atoms. The molecule has 0 aromatic heterocycles. The van der Waals surface area contributed by atoms with Gasteiger partial charge in [0.05, 0.1) is 6.10 Å². The maximum absolute atomic E-state index is 9.17. The fourth-order valence-corrected chi connectivity index (χ4v) is 1.93. The minimum atomic E-state index is -0.307. The van der Waals surface area contributed by atoms with Gasteiger partial charge in [0.25, 0.3) is 0 Å². The molecule has 0 amide bonds. The minimum Gasteiger partial charge on any atom is -0.392 e. The first kappa shape index (κ1) is 15.9. The quantitative estimate of drug-likeness (QED) is 0.771. The van der Waals surface area contributed by atoms with E-state index in [9.17, 15) is 0 Å². The highest BCUT2D eigenvalue weighted by molar-refractivity contribution is 5.29. The number of aliphatic hydroxyl groups is 1. The molecule has 1 aromatic rings. The van der Waals surface area contributed by atoms with Gasteiger partial charge in [-0.15, -0.1) is 0 Å². The van der Waals surface area contributed by atoms with E-state index in [0.717, 1.165) is 18.5 Å². The van der Waals surface area contributed by atoms with Crippen molar-refractivity contribution >= 4 is 0 Å². The average Bonchev–Trinajstić information content (AvgIpc) is 2.27. The van der Waals surface area contributed by atoms with Gasteiger partial charge < -0.3 is 10.4 Å². The summed E-state index contributed by atoms with van der Waals surface area (Å²) in [4.78, 5) is 0. The third-order valence-corrected chi connectivity index (χ3v) is 3.09. The standard InChI is InChI=1S/C17H27NO/c1-13(11-18-12-14(2)19)10-15-6-8-16(9-7-15)17(3,4)5/h6-9,14,18-19H,1,10-12H2,2-5H3. The molecule has 1 unspecified atom stereocenters. The van der Waals surface area contributed by atoms with Crippen LogP contribution in [-0.4, -0.2) is 24.3 Å². The van der Waals surface area contributed by atoms with E-state index >= 15 is 0 Å². The van der Waals surface area contributed by atoms with Gasteiger partial charge in [0.1, 0.15) is 0 Å². The van der Waals surface area contributed by atoms with Crippen molar-refractivity contribution in [2.45, 2.75) is 45.6 Å². The van der Waals surface area contributed by atoms with E-state index < -0.39 is 0 Å². The Bertz CT molecular complexity index is 398. The van der Waals surface area contributed by atoms with Crippen molar-refractivity contribution in [3.63, 3.8) is 0 Å². The Hall–Kier alpha value is -1.12. The van der Waals surface area contributed by atoms with Crippen molar-refractivity contribution in [3.8, 4) is 0 Å². The van der Waals surface area contributed by atoms with Crippen molar-refractivity contribution in [1.29, 1.82) is 0 Å². The first-order valence-corrected chi connectivity index (χ1v) is 6.94. The Kier molecular flexibility index (Phi) is 5.77. The summed E-state index contributed by atoms with van der Waals surface area (Å²) in [6, 6.07) is 8.76. The molecule has 1 aromatic carbocycles. The summed E-state index contributed by atoms with van der Waals surface area (Å²) < 4.78 is 0. The van der Waals surface area contributed by atoms with Gasteiger partial charge >= 0.3 is 0 Å². The van der Waals surface area contributed by atoms with Gasteiger partial charge in [-0.1, -0.05) is 57.2 Å². The molecule has 2 nitrogen and oxygen atoms in total. The molecule has 2 N–H and O–H groups in total. The van der Waals surface area contributed by atoms with Crippen LogP contribution in [0.2, 0.25) is 0 Å². The third-order valence-electron chi connectivity index (χ3n) is 3.09. The number of nitrogens with one attached hydrogen (secondary N) is 1. The largest absolute Gasteiger partial charge is 0.392 e. The van der Waals surface area contributed by atoms with E-state index in [-0.39, 0.29) is 11.5 Å². The Morgan fingerprint density at radius 2 is 1.84 bits per heavy atom. The summed E-state index contributed by atoms with van der Waals surface area (Å²) in [5, 5.41) is 12.4. The molecule has 1 atom stereocenters. The minimum absolute atomic E-state index is 0.203. The van der Waals surface area contributed by atoms with Crippen molar-refractivity contribution in [2.24, 2.45) is 0 Å². The van der Waals surface area contributed by atoms with Gasteiger partial charge in [-0.05, 0) is 29.9 Å². The second kappa shape index (κ2) is 6.88. The number of hydrogen-bond donors (Lipinski definition) is 2. The molecule has 106 valence electrons. The molecule has 0 aliphatic carbocycles. The maximum Gasteiger partial charge on any atom is 0.0636 e. The summed E-state index contributed by atoms with van der Waals surface area (Å²) in [5.41, 5.74) is 3.99. The van der Waals surface area contributed by atoms with E-state index in [1.54, 1.807) is 6.92 Å². The lowest BCUT2D eigenvalue weighted by Crippen LogP contribution is -2.26. The second-order valence-corrected chi connectivity index (χ2v) is 6.35. The number of hydrogen-bond acceptors (Lipinski definition) is 2. The Morgan fingerprint density at radius 1 is 1.26 bits per heavy atom. The second-order valence-electron chi connectivity index (χ2n) is 6.35. The molecule has 19 heavy (non-hydrogen) atoms. The van der Waals surface area contributed by atoms with Crippen molar-refractivity contribution in [2.75, 3.05) is 13.1 Å².